The van der Waals surface area contributed by atoms with Gasteiger partial charge < -0.3 is 10.1 Å². The van der Waals surface area contributed by atoms with Crippen LogP contribution in [0.5, 0.6) is 0 Å². The Morgan fingerprint density at radius 2 is 2.27 bits per heavy atom. The molecule has 0 amide bonds. The van der Waals surface area contributed by atoms with E-state index >= 15 is 0 Å². The lowest BCUT2D eigenvalue weighted by molar-refractivity contribution is -0.0819. The molecule has 2 heterocycles. The molecule has 2 rings (SSSR count). The molecule has 1 spiro atoms. The third kappa shape index (κ3) is 2.36. The maximum atomic E-state index is 5.87. The number of nitrogens with one attached hydrogen (secondary N) is 1. The van der Waals surface area contributed by atoms with E-state index in [9.17, 15) is 0 Å². The van der Waals surface area contributed by atoms with Gasteiger partial charge in [0.2, 0.25) is 0 Å². The Bertz CT molecular complexity index is 201. The first kappa shape index (κ1) is 11.4. The van der Waals surface area contributed by atoms with Crippen molar-refractivity contribution in [2.45, 2.75) is 52.1 Å². The minimum absolute atomic E-state index is 0.546. The molecule has 1 N–H and O–H groups in total. The fourth-order valence-electron chi connectivity index (χ4n) is 3.34. The van der Waals surface area contributed by atoms with Gasteiger partial charge in [-0.2, -0.15) is 0 Å². The van der Waals surface area contributed by atoms with Crippen LogP contribution in [0.15, 0.2) is 0 Å². The molecule has 3 unspecified atom stereocenters. The van der Waals surface area contributed by atoms with Gasteiger partial charge in [-0.1, -0.05) is 20.3 Å². The van der Waals surface area contributed by atoms with E-state index in [1.165, 1.54) is 45.2 Å². The molecule has 0 aromatic rings. The zero-order chi connectivity index (χ0) is 10.7. The lowest BCUT2D eigenvalue weighted by Crippen LogP contribution is -2.48. The lowest BCUT2D eigenvalue weighted by Gasteiger charge is -2.48. The maximum absolute atomic E-state index is 5.87. The molecule has 2 heteroatoms. The predicted molar refractivity (Wildman–Crippen MR) is 63.0 cm³/mol. The third-order valence-corrected chi connectivity index (χ3v) is 4.49. The van der Waals surface area contributed by atoms with Gasteiger partial charge in [0.1, 0.15) is 0 Å². The molecule has 2 saturated heterocycles. The maximum Gasteiger partial charge on any atom is 0.0580 e. The lowest BCUT2D eigenvalue weighted by atomic mass is 9.65. The van der Waals surface area contributed by atoms with Crippen LogP contribution in [0.25, 0.3) is 0 Å². The number of hydrogen-bond acceptors (Lipinski definition) is 2. The van der Waals surface area contributed by atoms with Crippen LogP contribution in [0.1, 0.15) is 46.0 Å². The molecule has 0 bridgehead atoms. The molecule has 3 atom stereocenters. The Balaban J connectivity index is 1.99. The normalized spacial score (nSPS) is 42.0. The van der Waals surface area contributed by atoms with Crippen molar-refractivity contribution < 1.29 is 4.74 Å². The van der Waals surface area contributed by atoms with E-state index in [4.69, 9.17) is 4.74 Å². The molecule has 88 valence electrons. The highest BCUT2D eigenvalue weighted by Gasteiger charge is 2.42. The molecule has 2 aliphatic heterocycles. The fraction of sp³-hybridized carbons (Fsp3) is 1.00. The second-order valence-electron chi connectivity index (χ2n) is 5.45. The van der Waals surface area contributed by atoms with Crippen molar-refractivity contribution in [1.82, 2.24) is 5.32 Å². The van der Waals surface area contributed by atoms with Crippen LogP contribution < -0.4 is 5.32 Å². The Morgan fingerprint density at radius 3 is 3.00 bits per heavy atom. The summed E-state index contributed by atoms with van der Waals surface area (Å²) in [7, 11) is 0. The molecular weight excluding hydrogens is 186 g/mol. The smallest absolute Gasteiger partial charge is 0.0580 e. The summed E-state index contributed by atoms with van der Waals surface area (Å²) < 4.78 is 5.87. The summed E-state index contributed by atoms with van der Waals surface area (Å²) in [6.07, 6.45) is 7.01. The summed E-state index contributed by atoms with van der Waals surface area (Å²) in [4.78, 5) is 0. The Morgan fingerprint density at radius 1 is 1.40 bits per heavy atom. The molecule has 0 saturated carbocycles. The van der Waals surface area contributed by atoms with Crippen LogP contribution in [-0.4, -0.2) is 25.8 Å². The van der Waals surface area contributed by atoms with Crippen molar-refractivity contribution in [2.24, 2.45) is 11.3 Å². The van der Waals surface area contributed by atoms with Gasteiger partial charge in [0.05, 0.1) is 6.10 Å². The molecule has 2 aliphatic rings. The van der Waals surface area contributed by atoms with E-state index in [2.05, 4.69) is 19.2 Å². The first-order valence-corrected chi connectivity index (χ1v) is 6.59. The Hall–Kier alpha value is -0.0800. The number of piperidine rings is 1. The summed E-state index contributed by atoms with van der Waals surface area (Å²) in [5.41, 5.74) is 0.601. The van der Waals surface area contributed by atoms with E-state index in [1.807, 2.05) is 0 Å². The van der Waals surface area contributed by atoms with Gasteiger partial charge in [0, 0.05) is 6.61 Å². The highest BCUT2D eigenvalue weighted by atomic mass is 16.5. The van der Waals surface area contributed by atoms with Crippen LogP contribution >= 0.6 is 0 Å². The summed E-state index contributed by atoms with van der Waals surface area (Å²) in [6, 6.07) is 0. The van der Waals surface area contributed by atoms with Gasteiger partial charge in [-0.05, 0) is 50.1 Å². The highest BCUT2D eigenvalue weighted by molar-refractivity contribution is 4.93. The Kier molecular flexibility index (Phi) is 3.68. The van der Waals surface area contributed by atoms with E-state index in [0.717, 1.165) is 12.5 Å². The second-order valence-corrected chi connectivity index (χ2v) is 5.45. The fourth-order valence-corrected chi connectivity index (χ4v) is 3.34. The second kappa shape index (κ2) is 4.84. The zero-order valence-electron chi connectivity index (χ0n) is 10.2. The zero-order valence-corrected chi connectivity index (χ0v) is 10.2. The van der Waals surface area contributed by atoms with Gasteiger partial charge in [-0.3, -0.25) is 0 Å². The molecule has 15 heavy (non-hydrogen) atoms. The van der Waals surface area contributed by atoms with E-state index in [1.54, 1.807) is 0 Å². The van der Waals surface area contributed by atoms with Crippen molar-refractivity contribution in [3.63, 3.8) is 0 Å². The molecule has 0 aromatic heterocycles. The van der Waals surface area contributed by atoms with Crippen LogP contribution in [0.4, 0.5) is 0 Å². The first-order chi connectivity index (χ1) is 7.27. The summed E-state index contributed by atoms with van der Waals surface area (Å²) in [6.45, 7) is 8.09. The van der Waals surface area contributed by atoms with Gasteiger partial charge in [0.15, 0.2) is 0 Å². The topological polar surface area (TPSA) is 21.3 Å². The minimum Gasteiger partial charge on any atom is -0.378 e. The van der Waals surface area contributed by atoms with Crippen LogP contribution in [0.3, 0.4) is 0 Å². The summed E-state index contributed by atoms with van der Waals surface area (Å²) >= 11 is 0. The largest absolute Gasteiger partial charge is 0.378 e. The predicted octanol–water partition coefficient (Wildman–Crippen LogP) is 2.58. The van der Waals surface area contributed by atoms with E-state index < -0.39 is 0 Å². The van der Waals surface area contributed by atoms with E-state index in [-0.39, 0.29) is 0 Å². The summed E-state index contributed by atoms with van der Waals surface area (Å²) in [5, 5.41) is 3.51. The molecule has 0 aromatic carbocycles. The van der Waals surface area contributed by atoms with Crippen LogP contribution in [-0.2, 0) is 4.74 Å². The van der Waals surface area contributed by atoms with Crippen molar-refractivity contribution in [2.75, 3.05) is 19.7 Å². The number of hydrogen-bond donors (Lipinski definition) is 1. The monoisotopic (exact) mass is 211 g/mol. The standard InChI is InChI=1S/C13H25NO/c1-3-4-12-9-13(6-8-15-12)5-7-14-10-11(13)2/h11-12,14H,3-10H2,1-2H3. The molecule has 2 nitrogen and oxygen atoms in total. The quantitative estimate of drug-likeness (QED) is 0.758. The molecule has 2 fully saturated rings. The molecular formula is C13H25NO. The van der Waals surface area contributed by atoms with Gasteiger partial charge >= 0.3 is 0 Å². The molecule has 0 aliphatic carbocycles. The van der Waals surface area contributed by atoms with Crippen molar-refractivity contribution in [1.29, 1.82) is 0 Å². The van der Waals surface area contributed by atoms with Gasteiger partial charge in [-0.25, -0.2) is 0 Å². The number of ether oxygens (including phenoxy) is 1. The van der Waals surface area contributed by atoms with Crippen molar-refractivity contribution in [3.05, 3.63) is 0 Å². The highest BCUT2D eigenvalue weighted by Crippen LogP contribution is 2.45. The SMILES string of the molecule is CCCC1CC2(CCNCC2C)CCO1. The van der Waals surface area contributed by atoms with Crippen molar-refractivity contribution >= 4 is 0 Å². The third-order valence-electron chi connectivity index (χ3n) is 4.49. The minimum atomic E-state index is 0.546. The average molecular weight is 211 g/mol. The Labute approximate surface area is 93.8 Å². The van der Waals surface area contributed by atoms with Crippen molar-refractivity contribution in [3.8, 4) is 0 Å². The first-order valence-electron chi connectivity index (χ1n) is 6.59. The summed E-state index contributed by atoms with van der Waals surface area (Å²) in [5.74, 6) is 0.828. The number of rotatable bonds is 2. The van der Waals surface area contributed by atoms with Gasteiger partial charge in [-0.15, -0.1) is 0 Å². The average Bonchev–Trinajstić information content (AvgIpc) is 2.24. The van der Waals surface area contributed by atoms with E-state index in [0.29, 0.717) is 11.5 Å². The molecule has 0 radical (unpaired) electrons. The van der Waals surface area contributed by atoms with Crippen LogP contribution in [0, 0.1) is 11.3 Å². The van der Waals surface area contributed by atoms with Gasteiger partial charge in [0.25, 0.3) is 0 Å². The van der Waals surface area contributed by atoms with Crippen LogP contribution in [0.2, 0.25) is 0 Å².